The number of rotatable bonds is 5. The minimum absolute atomic E-state index is 0.188. The minimum atomic E-state index is -0.999. The van der Waals surface area contributed by atoms with Crippen LogP contribution in [-0.2, 0) is 14.4 Å². The summed E-state index contributed by atoms with van der Waals surface area (Å²) in [7, 11) is 0. The molecule has 0 bridgehead atoms. The molecule has 2 amide bonds. The maximum absolute atomic E-state index is 11.3. The van der Waals surface area contributed by atoms with Gasteiger partial charge >= 0.3 is 5.97 Å². The first-order valence-corrected chi connectivity index (χ1v) is 4.83. The molecule has 0 aromatic rings. The van der Waals surface area contributed by atoms with E-state index < -0.39 is 23.8 Å². The first kappa shape index (κ1) is 11.4. The molecule has 1 aliphatic rings. The quantitative estimate of drug-likeness (QED) is 0.674. The van der Waals surface area contributed by atoms with Crippen molar-refractivity contribution in [1.82, 2.24) is 4.90 Å². The molecule has 1 N–H and O–H groups in total. The van der Waals surface area contributed by atoms with E-state index in [0.29, 0.717) is 6.42 Å². The van der Waals surface area contributed by atoms with Crippen LogP contribution in [0.3, 0.4) is 0 Å². The van der Waals surface area contributed by atoms with Gasteiger partial charge in [-0.25, -0.2) is 0 Å². The maximum atomic E-state index is 11.3. The van der Waals surface area contributed by atoms with Crippen LogP contribution in [0.1, 0.15) is 26.2 Å². The number of amides is 2. The summed E-state index contributed by atoms with van der Waals surface area (Å²) in [5.74, 6) is -1.83. The summed E-state index contributed by atoms with van der Waals surface area (Å²) in [6.45, 7) is 1.88. The molecular weight excluding hydrogens is 198 g/mol. The molecule has 0 saturated heterocycles. The molecular formula is C10H13NO4. The fourth-order valence-corrected chi connectivity index (χ4v) is 1.63. The van der Waals surface area contributed by atoms with E-state index in [1.807, 2.05) is 6.92 Å². The monoisotopic (exact) mass is 211 g/mol. The zero-order chi connectivity index (χ0) is 11.4. The Kier molecular flexibility index (Phi) is 3.60. The van der Waals surface area contributed by atoms with E-state index in [-0.39, 0.29) is 6.42 Å². The lowest BCUT2D eigenvalue weighted by molar-refractivity contribution is -0.143. The van der Waals surface area contributed by atoms with Crippen molar-refractivity contribution in [2.24, 2.45) is 0 Å². The molecule has 1 heterocycles. The van der Waals surface area contributed by atoms with E-state index in [4.69, 9.17) is 5.11 Å². The summed E-state index contributed by atoms with van der Waals surface area (Å²) < 4.78 is 0. The van der Waals surface area contributed by atoms with Gasteiger partial charge in [0, 0.05) is 12.2 Å². The van der Waals surface area contributed by atoms with Crippen LogP contribution in [0.25, 0.3) is 0 Å². The van der Waals surface area contributed by atoms with Crippen molar-refractivity contribution >= 4 is 17.8 Å². The molecule has 5 nitrogen and oxygen atoms in total. The third-order valence-electron chi connectivity index (χ3n) is 2.24. The summed E-state index contributed by atoms with van der Waals surface area (Å²) in [4.78, 5) is 34.2. The third-order valence-corrected chi connectivity index (χ3v) is 2.24. The van der Waals surface area contributed by atoms with Gasteiger partial charge in [-0.05, 0) is 6.42 Å². The molecule has 1 unspecified atom stereocenters. The Morgan fingerprint density at radius 3 is 2.33 bits per heavy atom. The zero-order valence-corrected chi connectivity index (χ0v) is 8.47. The van der Waals surface area contributed by atoms with Crippen molar-refractivity contribution in [3.63, 3.8) is 0 Å². The fourth-order valence-electron chi connectivity index (χ4n) is 1.63. The van der Waals surface area contributed by atoms with Crippen LogP contribution in [0, 0.1) is 0 Å². The Bertz CT molecular complexity index is 303. The van der Waals surface area contributed by atoms with Crippen molar-refractivity contribution in [3.05, 3.63) is 12.2 Å². The maximum Gasteiger partial charge on any atom is 0.305 e. The fraction of sp³-hybridized carbons (Fsp3) is 0.500. The molecule has 0 aromatic heterocycles. The van der Waals surface area contributed by atoms with Gasteiger partial charge in [0.15, 0.2) is 0 Å². The minimum Gasteiger partial charge on any atom is -0.481 e. The molecule has 0 saturated carbocycles. The number of carboxylic acid groups (broad SMARTS) is 1. The number of carbonyl (C=O) groups is 3. The average Bonchev–Trinajstić information content (AvgIpc) is 2.45. The van der Waals surface area contributed by atoms with Crippen molar-refractivity contribution in [2.75, 3.05) is 0 Å². The molecule has 0 aromatic carbocycles. The van der Waals surface area contributed by atoms with Gasteiger partial charge in [0.2, 0.25) is 0 Å². The van der Waals surface area contributed by atoms with Crippen molar-refractivity contribution in [2.45, 2.75) is 32.2 Å². The highest BCUT2D eigenvalue weighted by Gasteiger charge is 2.31. The normalized spacial score (nSPS) is 17.3. The molecule has 82 valence electrons. The van der Waals surface area contributed by atoms with Crippen LogP contribution >= 0.6 is 0 Å². The van der Waals surface area contributed by atoms with Crippen LogP contribution in [0.15, 0.2) is 12.2 Å². The molecule has 0 aliphatic carbocycles. The second kappa shape index (κ2) is 4.72. The van der Waals surface area contributed by atoms with Crippen LogP contribution in [0.2, 0.25) is 0 Å². The standard InChI is InChI=1S/C10H13NO4/c1-2-3-7(6-10(14)15)11-8(12)4-5-9(11)13/h4-5,7H,2-3,6H2,1H3,(H,14,15). The molecule has 1 aliphatic heterocycles. The van der Waals surface area contributed by atoms with Crippen molar-refractivity contribution in [3.8, 4) is 0 Å². The second-order valence-electron chi connectivity index (χ2n) is 3.42. The van der Waals surface area contributed by atoms with E-state index in [2.05, 4.69) is 0 Å². The number of carboxylic acids is 1. The summed E-state index contributed by atoms with van der Waals surface area (Å²) in [6, 6.07) is -0.525. The van der Waals surface area contributed by atoms with Gasteiger partial charge in [0.05, 0.1) is 12.5 Å². The Morgan fingerprint density at radius 1 is 1.40 bits per heavy atom. The Hall–Kier alpha value is -1.65. The zero-order valence-electron chi connectivity index (χ0n) is 8.47. The van der Waals surface area contributed by atoms with Gasteiger partial charge in [-0.3, -0.25) is 19.3 Å². The van der Waals surface area contributed by atoms with Crippen LogP contribution in [0.4, 0.5) is 0 Å². The lowest BCUT2D eigenvalue weighted by Gasteiger charge is -2.24. The van der Waals surface area contributed by atoms with Gasteiger partial charge in [-0.2, -0.15) is 0 Å². The van der Waals surface area contributed by atoms with E-state index in [9.17, 15) is 14.4 Å². The summed E-state index contributed by atoms with van der Waals surface area (Å²) in [6.07, 6.45) is 3.41. The van der Waals surface area contributed by atoms with E-state index >= 15 is 0 Å². The number of hydrogen-bond donors (Lipinski definition) is 1. The highest BCUT2D eigenvalue weighted by Crippen LogP contribution is 2.16. The smallest absolute Gasteiger partial charge is 0.305 e. The lowest BCUT2D eigenvalue weighted by atomic mass is 10.1. The Morgan fingerprint density at radius 2 is 1.93 bits per heavy atom. The van der Waals surface area contributed by atoms with Gasteiger partial charge in [0.25, 0.3) is 11.8 Å². The first-order chi connectivity index (χ1) is 7.06. The van der Waals surface area contributed by atoms with Gasteiger partial charge in [0.1, 0.15) is 0 Å². The van der Waals surface area contributed by atoms with Crippen molar-refractivity contribution < 1.29 is 19.5 Å². The molecule has 5 heteroatoms. The first-order valence-electron chi connectivity index (χ1n) is 4.83. The van der Waals surface area contributed by atoms with Gasteiger partial charge in [-0.1, -0.05) is 13.3 Å². The molecule has 0 radical (unpaired) electrons. The molecule has 1 rings (SSSR count). The predicted molar refractivity (Wildman–Crippen MR) is 51.9 cm³/mol. The van der Waals surface area contributed by atoms with E-state index in [0.717, 1.165) is 11.3 Å². The molecule has 15 heavy (non-hydrogen) atoms. The van der Waals surface area contributed by atoms with Crippen molar-refractivity contribution in [1.29, 1.82) is 0 Å². The average molecular weight is 211 g/mol. The second-order valence-corrected chi connectivity index (χ2v) is 3.42. The summed E-state index contributed by atoms with van der Waals surface area (Å²) >= 11 is 0. The number of aliphatic carboxylic acids is 1. The topological polar surface area (TPSA) is 74.7 Å². The highest BCUT2D eigenvalue weighted by molar-refractivity contribution is 6.13. The lowest BCUT2D eigenvalue weighted by Crippen LogP contribution is -2.41. The van der Waals surface area contributed by atoms with Crippen LogP contribution in [0.5, 0.6) is 0 Å². The number of imide groups is 1. The molecule has 0 fully saturated rings. The molecule has 0 spiro atoms. The number of carbonyl (C=O) groups excluding carboxylic acids is 2. The largest absolute Gasteiger partial charge is 0.481 e. The predicted octanol–water partition coefficient (Wildman–Crippen LogP) is 0.555. The van der Waals surface area contributed by atoms with Crippen LogP contribution < -0.4 is 0 Å². The highest BCUT2D eigenvalue weighted by atomic mass is 16.4. The summed E-state index contributed by atoms with van der Waals surface area (Å²) in [5, 5.41) is 8.67. The molecule has 1 atom stereocenters. The number of nitrogens with zero attached hydrogens (tertiary/aromatic N) is 1. The number of hydrogen-bond acceptors (Lipinski definition) is 3. The summed E-state index contributed by atoms with van der Waals surface area (Å²) in [5.41, 5.74) is 0. The Balaban J connectivity index is 2.75. The SMILES string of the molecule is CCCC(CC(=O)O)N1C(=O)C=CC1=O. The van der Waals surface area contributed by atoms with E-state index in [1.54, 1.807) is 0 Å². The van der Waals surface area contributed by atoms with Crippen LogP contribution in [-0.4, -0.2) is 33.8 Å². The third kappa shape index (κ3) is 2.65. The van der Waals surface area contributed by atoms with Gasteiger partial charge in [-0.15, -0.1) is 0 Å². The van der Waals surface area contributed by atoms with E-state index in [1.165, 1.54) is 12.2 Å². The van der Waals surface area contributed by atoms with Gasteiger partial charge < -0.3 is 5.11 Å². The Labute approximate surface area is 87.4 Å².